The Kier molecular flexibility index (Phi) is 4.45. The molecule has 0 bridgehead atoms. The number of nitrogen functional groups attached to an aromatic ring is 1. The van der Waals surface area contributed by atoms with Crippen molar-refractivity contribution < 1.29 is 4.52 Å². The van der Waals surface area contributed by atoms with E-state index in [1.54, 1.807) is 0 Å². The van der Waals surface area contributed by atoms with Gasteiger partial charge in [0.05, 0.1) is 5.25 Å². The Balaban J connectivity index is 1.86. The van der Waals surface area contributed by atoms with Crippen LogP contribution in [0.1, 0.15) is 30.0 Å². The number of anilines is 1. The van der Waals surface area contributed by atoms with Gasteiger partial charge in [-0.1, -0.05) is 12.1 Å². The number of aryl methyl sites for hydroxylation is 1. The van der Waals surface area contributed by atoms with Gasteiger partial charge >= 0.3 is 0 Å². The van der Waals surface area contributed by atoms with Gasteiger partial charge in [0.15, 0.2) is 5.82 Å². The normalized spacial score (nSPS) is 22.4. The number of benzene rings is 1. The molecule has 2 aromatic rings. The number of rotatable bonds is 3. The van der Waals surface area contributed by atoms with Gasteiger partial charge in [-0.3, -0.25) is 0 Å². The van der Waals surface area contributed by atoms with E-state index >= 15 is 0 Å². The van der Waals surface area contributed by atoms with Crippen molar-refractivity contribution in [2.24, 2.45) is 0 Å². The Morgan fingerprint density at radius 2 is 2.14 bits per heavy atom. The molecule has 1 aromatic heterocycles. The summed E-state index contributed by atoms with van der Waals surface area (Å²) < 4.78 is 5.47. The van der Waals surface area contributed by atoms with Gasteiger partial charge in [-0.2, -0.15) is 16.7 Å². The van der Waals surface area contributed by atoms with Gasteiger partial charge < -0.3 is 10.3 Å². The van der Waals surface area contributed by atoms with Crippen LogP contribution in [0, 0.1) is 6.92 Å². The highest BCUT2D eigenvalue weighted by atomic mass is 32.2. The van der Waals surface area contributed by atoms with Crippen LogP contribution in [0.2, 0.25) is 0 Å². The zero-order valence-electron chi connectivity index (χ0n) is 12.2. The predicted molar refractivity (Wildman–Crippen MR) is 90.6 cm³/mol. The molecule has 3 rings (SSSR count). The minimum atomic E-state index is 0.334. The summed E-state index contributed by atoms with van der Waals surface area (Å²) in [6.45, 7) is 4.21. The van der Waals surface area contributed by atoms with Crippen LogP contribution in [-0.4, -0.2) is 26.9 Å². The van der Waals surface area contributed by atoms with E-state index in [9.17, 15) is 0 Å². The Hall–Kier alpha value is -1.14. The van der Waals surface area contributed by atoms with E-state index in [0.29, 0.717) is 16.4 Å². The SMILES string of the molecule is CCC1SCCSC1c1noc(-c2ccc(N)c(C)c2)n1. The van der Waals surface area contributed by atoms with Gasteiger partial charge in [0, 0.05) is 28.0 Å². The van der Waals surface area contributed by atoms with E-state index in [-0.39, 0.29) is 0 Å². The van der Waals surface area contributed by atoms with Gasteiger partial charge in [0.2, 0.25) is 0 Å². The molecule has 2 heterocycles. The molecule has 2 atom stereocenters. The third-order valence-electron chi connectivity index (χ3n) is 3.67. The molecule has 0 amide bonds. The lowest BCUT2D eigenvalue weighted by Gasteiger charge is -2.27. The van der Waals surface area contributed by atoms with Gasteiger partial charge in [0.1, 0.15) is 0 Å². The zero-order chi connectivity index (χ0) is 14.8. The maximum Gasteiger partial charge on any atom is 0.257 e. The average molecular weight is 321 g/mol. The molecule has 1 fully saturated rings. The molecular formula is C15H19N3OS2. The Morgan fingerprint density at radius 1 is 1.33 bits per heavy atom. The lowest BCUT2D eigenvalue weighted by molar-refractivity contribution is 0.421. The minimum absolute atomic E-state index is 0.334. The summed E-state index contributed by atoms with van der Waals surface area (Å²) in [5.41, 5.74) is 8.59. The Bertz CT molecular complexity index is 629. The Morgan fingerprint density at radius 3 is 2.90 bits per heavy atom. The predicted octanol–water partition coefficient (Wildman–Crippen LogP) is 3.93. The Labute approximate surface area is 133 Å². The van der Waals surface area contributed by atoms with Crippen LogP contribution in [0.3, 0.4) is 0 Å². The summed E-state index contributed by atoms with van der Waals surface area (Å²) in [6.07, 6.45) is 1.13. The van der Waals surface area contributed by atoms with E-state index in [0.717, 1.165) is 34.8 Å². The second-order valence-electron chi connectivity index (χ2n) is 5.14. The third kappa shape index (κ3) is 3.06. The van der Waals surface area contributed by atoms with Crippen molar-refractivity contribution in [2.75, 3.05) is 17.2 Å². The fraction of sp³-hybridized carbons (Fsp3) is 0.467. The first-order chi connectivity index (χ1) is 10.2. The van der Waals surface area contributed by atoms with Crippen LogP contribution < -0.4 is 5.73 Å². The van der Waals surface area contributed by atoms with Crippen LogP contribution >= 0.6 is 23.5 Å². The quantitative estimate of drug-likeness (QED) is 0.864. The molecule has 112 valence electrons. The smallest absolute Gasteiger partial charge is 0.257 e. The molecule has 21 heavy (non-hydrogen) atoms. The minimum Gasteiger partial charge on any atom is -0.399 e. The first-order valence-electron chi connectivity index (χ1n) is 7.12. The number of nitrogens with zero attached hydrogens (tertiary/aromatic N) is 2. The molecule has 0 radical (unpaired) electrons. The van der Waals surface area contributed by atoms with Crippen molar-refractivity contribution in [3.63, 3.8) is 0 Å². The summed E-state index contributed by atoms with van der Waals surface area (Å²) >= 11 is 3.95. The van der Waals surface area contributed by atoms with Gasteiger partial charge in [-0.05, 0) is 37.1 Å². The summed E-state index contributed by atoms with van der Waals surface area (Å²) in [4.78, 5) is 4.62. The van der Waals surface area contributed by atoms with Crippen molar-refractivity contribution in [3.05, 3.63) is 29.6 Å². The molecule has 4 nitrogen and oxygen atoms in total. The lowest BCUT2D eigenvalue weighted by Crippen LogP contribution is -2.19. The van der Waals surface area contributed by atoms with Crippen LogP contribution in [0.25, 0.3) is 11.5 Å². The van der Waals surface area contributed by atoms with E-state index < -0.39 is 0 Å². The lowest BCUT2D eigenvalue weighted by atomic mass is 10.1. The number of hydrogen-bond donors (Lipinski definition) is 1. The maximum absolute atomic E-state index is 5.85. The molecule has 0 aliphatic carbocycles. The van der Waals surface area contributed by atoms with Crippen molar-refractivity contribution in [2.45, 2.75) is 30.8 Å². The summed E-state index contributed by atoms with van der Waals surface area (Å²) in [7, 11) is 0. The molecule has 0 saturated carbocycles. The first kappa shape index (κ1) is 14.8. The van der Waals surface area contributed by atoms with Crippen molar-refractivity contribution in [1.29, 1.82) is 0 Å². The summed E-state index contributed by atoms with van der Waals surface area (Å²) in [5, 5.41) is 5.12. The highest BCUT2D eigenvalue weighted by Crippen LogP contribution is 2.43. The second-order valence-corrected chi connectivity index (χ2v) is 7.73. The van der Waals surface area contributed by atoms with Crippen molar-refractivity contribution in [1.82, 2.24) is 10.1 Å². The van der Waals surface area contributed by atoms with Gasteiger partial charge in [-0.15, -0.1) is 11.8 Å². The number of thioether (sulfide) groups is 2. The molecular weight excluding hydrogens is 302 g/mol. The molecule has 1 aliphatic rings. The fourth-order valence-electron chi connectivity index (χ4n) is 2.42. The third-order valence-corrected chi connectivity index (χ3v) is 6.91. The van der Waals surface area contributed by atoms with E-state index in [2.05, 4.69) is 17.1 Å². The van der Waals surface area contributed by atoms with E-state index in [1.165, 1.54) is 5.75 Å². The van der Waals surface area contributed by atoms with E-state index in [4.69, 9.17) is 10.3 Å². The molecule has 2 unspecified atom stereocenters. The molecule has 1 saturated heterocycles. The molecule has 0 spiro atoms. The largest absolute Gasteiger partial charge is 0.399 e. The number of aromatic nitrogens is 2. The number of hydrogen-bond acceptors (Lipinski definition) is 6. The number of nitrogens with two attached hydrogens (primary N) is 1. The van der Waals surface area contributed by atoms with Gasteiger partial charge in [0.25, 0.3) is 5.89 Å². The molecule has 6 heteroatoms. The van der Waals surface area contributed by atoms with Crippen LogP contribution in [0.4, 0.5) is 5.69 Å². The van der Waals surface area contributed by atoms with Crippen LogP contribution in [-0.2, 0) is 0 Å². The average Bonchev–Trinajstić information content (AvgIpc) is 2.99. The highest BCUT2D eigenvalue weighted by Gasteiger charge is 2.30. The molecule has 2 N–H and O–H groups in total. The maximum atomic E-state index is 5.85. The first-order valence-corrected chi connectivity index (χ1v) is 9.22. The van der Waals surface area contributed by atoms with Crippen molar-refractivity contribution >= 4 is 29.2 Å². The zero-order valence-corrected chi connectivity index (χ0v) is 13.8. The highest BCUT2D eigenvalue weighted by molar-refractivity contribution is 8.06. The monoisotopic (exact) mass is 321 g/mol. The molecule has 1 aromatic carbocycles. The summed E-state index contributed by atoms with van der Waals surface area (Å²) in [5.74, 6) is 3.76. The topological polar surface area (TPSA) is 64.9 Å². The van der Waals surface area contributed by atoms with E-state index in [1.807, 2.05) is 48.6 Å². The summed E-state index contributed by atoms with van der Waals surface area (Å²) in [6, 6.07) is 5.81. The fourth-order valence-corrected chi connectivity index (χ4v) is 5.40. The standard InChI is InChI=1S/C15H19N3OS2/c1-3-12-13(21-7-6-20-12)14-17-15(19-18-14)10-4-5-11(16)9(2)8-10/h4-5,8,12-13H,3,6-7,16H2,1-2H3. The van der Waals surface area contributed by atoms with Crippen LogP contribution in [0.15, 0.2) is 22.7 Å². The van der Waals surface area contributed by atoms with Crippen LogP contribution in [0.5, 0.6) is 0 Å². The molecule has 1 aliphatic heterocycles. The second kappa shape index (κ2) is 6.32. The van der Waals surface area contributed by atoms with Gasteiger partial charge in [-0.25, -0.2) is 0 Å². The van der Waals surface area contributed by atoms with Crippen molar-refractivity contribution in [3.8, 4) is 11.5 Å².